The van der Waals surface area contributed by atoms with E-state index in [-0.39, 0.29) is 24.6 Å². The SMILES string of the molecule is CCCn1ccc(C(=O)N2C[C@@H](O)[C@H](Oc3cccc(C(=O)O)c3)C2)n1. The molecule has 1 amide bonds. The summed E-state index contributed by atoms with van der Waals surface area (Å²) < 4.78 is 7.42. The number of carboxylic acid groups (broad SMARTS) is 1. The lowest BCUT2D eigenvalue weighted by Crippen LogP contribution is -2.31. The van der Waals surface area contributed by atoms with Crippen LogP contribution < -0.4 is 4.74 Å². The minimum Gasteiger partial charge on any atom is -0.486 e. The molecule has 3 rings (SSSR count). The molecular formula is C18H21N3O5. The lowest BCUT2D eigenvalue weighted by atomic mass is 10.2. The second-order valence-electron chi connectivity index (χ2n) is 6.23. The molecule has 1 aromatic heterocycles. The number of rotatable bonds is 6. The van der Waals surface area contributed by atoms with Crippen molar-refractivity contribution in [2.75, 3.05) is 13.1 Å². The molecule has 0 saturated carbocycles. The fourth-order valence-corrected chi connectivity index (χ4v) is 2.91. The number of β-amino-alcohol motifs (C(OH)–C–C–N with tert-alkyl or cyclic N) is 1. The molecule has 0 unspecified atom stereocenters. The Bertz CT molecular complexity index is 804. The Hall–Kier alpha value is -2.87. The van der Waals surface area contributed by atoms with Crippen molar-refractivity contribution in [3.8, 4) is 5.75 Å². The van der Waals surface area contributed by atoms with Crippen LogP contribution in [0.3, 0.4) is 0 Å². The first-order valence-electron chi connectivity index (χ1n) is 8.48. The average molecular weight is 359 g/mol. The standard InChI is InChI=1S/C18H21N3O5/c1-2-7-21-8-6-14(19-21)17(23)20-10-15(22)16(11-20)26-13-5-3-4-12(9-13)18(24)25/h3-6,8-9,15-16,22H,2,7,10-11H2,1H3,(H,24,25)/t15-,16-/m1/s1. The van der Waals surface area contributed by atoms with Crippen molar-refractivity contribution in [3.63, 3.8) is 0 Å². The molecule has 8 heteroatoms. The largest absolute Gasteiger partial charge is 0.486 e. The summed E-state index contributed by atoms with van der Waals surface area (Å²) >= 11 is 0. The molecule has 8 nitrogen and oxygen atoms in total. The molecule has 0 bridgehead atoms. The van der Waals surface area contributed by atoms with E-state index < -0.39 is 18.2 Å². The predicted molar refractivity (Wildman–Crippen MR) is 92.2 cm³/mol. The predicted octanol–water partition coefficient (Wildman–Crippen LogP) is 1.26. The van der Waals surface area contributed by atoms with Crippen LogP contribution in [0.15, 0.2) is 36.5 Å². The molecule has 0 radical (unpaired) electrons. The molecule has 1 saturated heterocycles. The lowest BCUT2D eigenvalue weighted by molar-refractivity contribution is 0.0686. The summed E-state index contributed by atoms with van der Waals surface area (Å²) in [5.41, 5.74) is 0.434. The zero-order valence-electron chi connectivity index (χ0n) is 14.4. The van der Waals surface area contributed by atoms with Crippen LogP contribution in [0.25, 0.3) is 0 Å². The maximum atomic E-state index is 12.6. The van der Waals surface area contributed by atoms with Crippen molar-refractivity contribution in [3.05, 3.63) is 47.8 Å². The first-order valence-corrected chi connectivity index (χ1v) is 8.48. The molecular weight excluding hydrogens is 338 g/mol. The highest BCUT2D eigenvalue weighted by atomic mass is 16.5. The molecule has 1 aromatic carbocycles. The number of amides is 1. The molecule has 138 valence electrons. The number of aromatic carboxylic acids is 1. The number of nitrogens with zero attached hydrogens (tertiary/aromatic N) is 3. The van der Waals surface area contributed by atoms with E-state index in [0.717, 1.165) is 13.0 Å². The van der Waals surface area contributed by atoms with Gasteiger partial charge in [0.2, 0.25) is 0 Å². The molecule has 0 aliphatic carbocycles. The second-order valence-corrected chi connectivity index (χ2v) is 6.23. The van der Waals surface area contributed by atoms with Crippen LogP contribution in [-0.4, -0.2) is 62.1 Å². The van der Waals surface area contributed by atoms with Gasteiger partial charge in [-0.1, -0.05) is 13.0 Å². The smallest absolute Gasteiger partial charge is 0.335 e. The highest BCUT2D eigenvalue weighted by molar-refractivity contribution is 5.92. The van der Waals surface area contributed by atoms with Crippen molar-refractivity contribution in [2.45, 2.75) is 32.1 Å². The summed E-state index contributed by atoms with van der Waals surface area (Å²) in [6.07, 6.45) is 1.20. The third-order valence-electron chi connectivity index (χ3n) is 4.21. The van der Waals surface area contributed by atoms with Gasteiger partial charge in [0.1, 0.15) is 23.7 Å². The fraction of sp³-hybridized carbons (Fsp3) is 0.389. The van der Waals surface area contributed by atoms with Crippen LogP contribution in [0.1, 0.15) is 34.2 Å². The quantitative estimate of drug-likeness (QED) is 0.804. The summed E-state index contributed by atoms with van der Waals surface area (Å²) in [5.74, 6) is -0.971. The first kappa shape index (κ1) is 17.9. The van der Waals surface area contributed by atoms with Crippen molar-refractivity contribution < 1.29 is 24.5 Å². The summed E-state index contributed by atoms with van der Waals surface area (Å²) in [4.78, 5) is 25.1. The van der Waals surface area contributed by atoms with Crippen LogP contribution in [0.2, 0.25) is 0 Å². The van der Waals surface area contributed by atoms with Crippen LogP contribution in [0.4, 0.5) is 0 Å². The number of benzene rings is 1. The highest BCUT2D eigenvalue weighted by Crippen LogP contribution is 2.21. The number of hydrogen-bond donors (Lipinski definition) is 2. The minimum absolute atomic E-state index is 0.101. The third-order valence-corrected chi connectivity index (χ3v) is 4.21. The van der Waals surface area contributed by atoms with Crippen molar-refractivity contribution in [1.29, 1.82) is 0 Å². The lowest BCUT2D eigenvalue weighted by Gasteiger charge is -2.17. The zero-order valence-corrected chi connectivity index (χ0v) is 14.4. The van der Waals surface area contributed by atoms with Crippen LogP contribution in [0, 0.1) is 0 Å². The van der Waals surface area contributed by atoms with Crippen LogP contribution in [-0.2, 0) is 6.54 Å². The van der Waals surface area contributed by atoms with Gasteiger partial charge in [0, 0.05) is 12.7 Å². The van der Waals surface area contributed by atoms with Gasteiger partial charge in [-0.2, -0.15) is 5.10 Å². The number of hydrogen-bond acceptors (Lipinski definition) is 5. The van der Waals surface area contributed by atoms with E-state index in [0.29, 0.717) is 11.4 Å². The maximum absolute atomic E-state index is 12.6. The molecule has 2 N–H and O–H groups in total. The van der Waals surface area contributed by atoms with Gasteiger partial charge in [0.25, 0.3) is 5.91 Å². The molecule has 1 fully saturated rings. The van der Waals surface area contributed by atoms with Gasteiger partial charge in [-0.15, -0.1) is 0 Å². The van der Waals surface area contributed by atoms with E-state index in [4.69, 9.17) is 9.84 Å². The fourth-order valence-electron chi connectivity index (χ4n) is 2.91. The molecule has 2 atom stereocenters. The van der Waals surface area contributed by atoms with E-state index in [1.165, 1.54) is 17.0 Å². The van der Waals surface area contributed by atoms with Crippen molar-refractivity contribution >= 4 is 11.9 Å². The van der Waals surface area contributed by atoms with Crippen molar-refractivity contribution in [1.82, 2.24) is 14.7 Å². The number of aliphatic hydroxyl groups excluding tert-OH is 1. The Morgan fingerprint density at radius 1 is 1.31 bits per heavy atom. The maximum Gasteiger partial charge on any atom is 0.335 e. The molecule has 0 spiro atoms. The van der Waals surface area contributed by atoms with Gasteiger partial charge in [0.05, 0.1) is 18.7 Å². The van der Waals surface area contributed by atoms with Crippen LogP contribution >= 0.6 is 0 Å². The van der Waals surface area contributed by atoms with Crippen molar-refractivity contribution in [2.24, 2.45) is 0 Å². The number of ether oxygens (including phenoxy) is 1. The Balaban J connectivity index is 1.66. The second kappa shape index (κ2) is 7.57. The Morgan fingerprint density at radius 2 is 2.12 bits per heavy atom. The molecule has 1 aliphatic rings. The number of aromatic nitrogens is 2. The Morgan fingerprint density at radius 3 is 2.85 bits per heavy atom. The monoisotopic (exact) mass is 359 g/mol. The van der Waals surface area contributed by atoms with Gasteiger partial charge in [-0.25, -0.2) is 4.79 Å². The summed E-state index contributed by atoms with van der Waals surface area (Å²) in [7, 11) is 0. The highest BCUT2D eigenvalue weighted by Gasteiger charge is 2.36. The van der Waals surface area contributed by atoms with Crippen LogP contribution in [0.5, 0.6) is 5.75 Å². The van der Waals surface area contributed by atoms with Gasteiger partial charge >= 0.3 is 5.97 Å². The van der Waals surface area contributed by atoms with Gasteiger partial charge in [0.15, 0.2) is 0 Å². The molecule has 2 heterocycles. The zero-order chi connectivity index (χ0) is 18.7. The van der Waals surface area contributed by atoms with Gasteiger partial charge in [-0.05, 0) is 30.7 Å². The number of likely N-dealkylation sites (tertiary alicyclic amines) is 1. The van der Waals surface area contributed by atoms with E-state index in [1.807, 2.05) is 6.92 Å². The number of carboxylic acids is 1. The average Bonchev–Trinajstić information content (AvgIpc) is 3.22. The summed E-state index contributed by atoms with van der Waals surface area (Å²) in [6.45, 7) is 3.11. The topological polar surface area (TPSA) is 105 Å². The number of carbonyl (C=O) groups excluding carboxylic acids is 1. The third kappa shape index (κ3) is 3.85. The van der Waals surface area contributed by atoms with E-state index >= 15 is 0 Å². The summed E-state index contributed by atoms with van der Waals surface area (Å²) in [5, 5.41) is 23.5. The summed E-state index contributed by atoms with van der Waals surface area (Å²) in [6, 6.07) is 7.71. The normalized spacial score (nSPS) is 19.5. The van der Waals surface area contributed by atoms with E-state index in [9.17, 15) is 14.7 Å². The Labute approximate surface area is 150 Å². The van der Waals surface area contributed by atoms with Gasteiger partial charge < -0.3 is 19.8 Å². The first-order chi connectivity index (χ1) is 12.5. The van der Waals surface area contributed by atoms with Gasteiger partial charge in [-0.3, -0.25) is 9.48 Å². The number of aliphatic hydroxyl groups is 1. The van der Waals surface area contributed by atoms with E-state index in [2.05, 4.69) is 5.10 Å². The number of aryl methyl sites for hydroxylation is 1. The Kier molecular flexibility index (Phi) is 5.22. The minimum atomic E-state index is -1.05. The molecule has 1 aliphatic heterocycles. The number of carbonyl (C=O) groups is 2. The van der Waals surface area contributed by atoms with E-state index in [1.54, 1.807) is 29.1 Å². The molecule has 26 heavy (non-hydrogen) atoms. The molecule has 2 aromatic rings.